The van der Waals surface area contributed by atoms with Crippen LogP contribution in [0.15, 0.2) is 72.8 Å². The Morgan fingerprint density at radius 2 is 0.829 bits per heavy atom. The summed E-state index contributed by atoms with van der Waals surface area (Å²) in [5, 5.41) is 10.4. The van der Waals surface area contributed by atoms with Crippen LogP contribution in [0.2, 0.25) is 0 Å². The molecule has 7 heteroatoms. The maximum absolute atomic E-state index is 5.90. The lowest BCUT2D eigenvalue weighted by atomic mass is 10.2. The third-order valence-corrected chi connectivity index (χ3v) is 5.53. The Kier molecular flexibility index (Phi) is 10.1. The van der Waals surface area contributed by atoms with Gasteiger partial charge in [0, 0.05) is 39.3 Å². The molecule has 4 bridgehead atoms. The molecule has 0 saturated heterocycles. The first-order chi connectivity index (χ1) is 17.4. The van der Waals surface area contributed by atoms with Gasteiger partial charge in [0.1, 0.15) is 37.9 Å². The first-order valence-electron chi connectivity index (χ1n) is 12.3. The van der Waals surface area contributed by atoms with E-state index in [0.717, 1.165) is 50.8 Å². The van der Waals surface area contributed by atoms with E-state index in [2.05, 4.69) is 40.2 Å². The second-order valence-electron chi connectivity index (χ2n) is 8.23. The molecule has 0 aromatic heterocycles. The Morgan fingerprint density at radius 3 is 1.29 bits per heavy atom. The van der Waals surface area contributed by atoms with Gasteiger partial charge < -0.3 is 34.9 Å². The number of rotatable bonds is 0. The van der Waals surface area contributed by atoms with E-state index >= 15 is 0 Å². The molecule has 0 unspecified atom stereocenters. The van der Waals surface area contributed by atoms with E-state index < -0.39 is 0 Å². The average Bonchev–Trinajstić information content (AvgIpc) is 2.90. The summed E-state index contributed by atoms with van der Waals surface area (Å²) in [7, 11) is 0. The van der Waals surface area contributed by atoms with Gasteiger partial charge in [0.2, 0.25) is 0 Å². The second kappa shape index (κ2) is 14.2. The molecule has 7 nitrogen and oxygen atoms in total. The van der Waals surface area contributed by atoms with Crippen LogP contribution in [0.3, 0.4) is 0 Å². The highest BCUT2D eigenvalue weighted by atomic mass is 16.6. The lowest BCUT2D eigenvalue weighted by Gasteiger charge is -2.14. The van der Waals surface area contributed by atoms with E-state index in [-0.39, 0.29) is 0 Å². The predicted molar refractivity (Wildman–Crippen MR) is 138 cm³/mol. The van der Waals surface area contributed by atoms with Crippen molar-refractivity contribution in [1.82, 2.24) is 16.0 Å². The quantitative estimate of drug-likeness (QED) is 0.458. The fourth-order valence-corrected chi connectivity index (χ4v) is 3.66. The van der Waals surface area contributed by atoms with E-state index in [4.69, 9.17) is 18.9 Å². The standard InChI is InChI=1S/C28H35N3O4/c1-2-4-28-27(3-1)34-19-17-32-25-9-5-23(6-10-25)21-30-15-13-29-14-16-31-22-24-7-11-26(12-8-24)33-18-20-35-28/h1-12,29-31H,13-22H2. The third-order valence-electron chi connectivity index (χ3n) is 5.53. The van der Waals surface area contributed by atoms with Gasteiger partial charge in [-0.25, -0.2) is 0 Å². The lowest BCUT2D eigenvalue weighted by molar-refractivity contribution is 0.192. The van der Waals surface area contributed by atoms with Gasteiger partial charge in [-0.1, -0.05) is 36.4 Å². The molecule has 0 aliphatic carbocycles. The molecule has 4 aliphatic heterocycles. The highest BCUT2D eigenvalue weighted by molar-refractivity contribution is 5.39. The molecule has 0 spiro atoms. The van der Waals surface area contributed by atoms with E-state index in [9.17, 15) is 0 Å². The van der Waals surface area contributed by atoms with Crippen LogP contribution in [0.25, 0.3) is 0 Å². The molecule has 0 amide bonds. The predicted octanol–water partition coefficient (Wildman–Crippen LogP) is 3.38. The van der Waals surface area contributed by atoms with Gasteiger partial charge >= 0.3 is 0 Å². The van der Waals surface area contributed by atoms with Crippen molar-refractivity contribution in [3.8, 4) is 23.0 Å². The average molecular weight is 478 g/mol. The van der Waals surface area contributed by atoms with Gasteiger partial charge in [-0.2, -0.15) is 0 Å². The van der Waals surface area contributed by atoms with Crippen LogP contribution in [0, 0.1) is 0 Å². The molecule has 3 N–H and O–H groups in total. The lowest BCUT2D eigenvalue weighted by Crippen LogP contribution is -2.32. The normalized spacial score (nSPS) is 16.6. The number of hydrogen-bond acceptors (Lipinski definition) is 7. The van der Waals surface area contributed by atoms with Gasteiger partial charge in [0.05, 0.1) is 0 Å². The van der Waals surface area contributed by atoms with E-state index in [1.807, 2.05) is 48.5 Å². The molecular weight excluding hydrogens is 442 g/mol. The summed E-state index contributed by atoms with van der Waals surface area (Å²) in [6.45, 7) is 7.12. The fourth-order valence-electron chi connectivity index (χ4n) is 3.66. The van der Waals surface area contributed by atoms with Gasteiger partial charge in [0.15, 0.2) is 11.5 Å². The van der Waals surface area contributed by atoms with Crippen LogP contribution in [0.1, 0.15) is 11.1 Å². The van der Waals surface area contributed by atoms with E-state index in [1.165, 1.54) is 11.1 Å². The molecule has 0 fully saturated rings. The van der Waals surface area contributed by atoms with Gasteiger partial charge in [-0.3, -0.25) is 0 Å². The molecule has 4 heterocycles. The van der Waals surface area contributed by atoms with Crippen molar-refractivity contribution in [3.05, 3.63) is 83.9 Å². The van der Waals surface area contributed by atoms with Gasteiger partial charge in [-0.15, -0.1) is 0 Å². The molecular formula is C28H35N3O4. The fraction of sp³-hybridized carbons (Fsp3) is 0.357. The molecule has 0 atom stereocenters. The minimum absolute atomic E-state index is 0.425. The summed E-state index contributed by atoms with van der Waals surface area (Å²) in [4.78, 5) is 0. The molecule has 4 aliphatic rings. The monoisotopic (exact) mass is 477 g/mol. The van der Waals surface area contributed by atoms with Crippen molar-refractivity contribution in [2.75, 3.05) is 52.6 Å². The van der Waals surface area contributed by atoms with Crippen molar-refractivity contribution in [2.45, 2.75) is 13.1 Å². The summed E-state index contributed by atoms with van der Waals surface area (Å²) in [6, 6.07) is 24.0. The van der Waals surface area contributed by atoms with E-state index in [0.29, 0.717) is 37.9 Å². The molecule has 3 aromatic rings. The van der Waals surface area contributed by atoms with Gasteiger partial charge in [-0.05, 0) is 47.5 Å². The number of benzene rings is 3. The molecule has 0 radical (unpaired) electrons. The Hall–Kier alpha value is -3.26. The smallest absolute Gasteiger partial charge is 0.161 e. The number of ether oxygens (including phenoxy) is 4. The summed E-state index contributed by atoms with van der Waals surface area (Å²) in [5.41, 5.74) is 2.46. The summed E-state index contributed by atoms with van der Waals surface area (Å²) >= 11 is 0. The Balaban J connectivity index is 1.32. The SMILES string of the molecule is c1ccc2c(c1)OCCOc1ccc(cc1)CNCCNCCNCc1ccc(cc1)OCCO2. The highest BCUT2D eigenvalue weighted by Crippen LogP contribution is 2.26. The van der Waals surface area contributed by atoms with Crippen molar-refractivity contribution >= 4 is 0 Å². The molecule has 0 saturated carbocycles. The zero-order valence-electron chi connectivity index (χ0n) is 20.1. The van der Waals surface area contributed by atoms with Crippen LogP contribution in [-0.4, -0.2) is 52.6 Å². The van der Waals surface area contributed by atoms with Crippen molar-refractivity contribution in [3.63, 3.8) is 0 Å². The van der Waals surface area contributed by atoms with Crippen LogP contribution >= 0.6 is 0 Å². The number of hydrogen-bond donors (Lipinski definition) is 3. The van der Waals surface area contributed by atoms with Crippen LogP contribution in [0.5, 0.6) is 23.0 Å². The maximum atomic E-state index is 5.90. The first-order valence-corrected chi connectivity index (χ1v) is 12.3. The number of nitrogens with one attached hydrogen (secondary N) is 3. The van der Waals surface area contributed by atoms with Crippen LogP contribution in [0.4, 0.5) is 0 Å². The molecule has 3 aromatic carbocycles. The van der Waals surface area contributed by atoms with Crippen LogP contribution in [-0.2, 0) is 13.1 Å². The molecule has 186 valence electrons. The van der Waals surface area contributed by atoms with Crippen LogP contribution < -0.4 is 34.9 Å². The zero-order chi connectivity index (χ0) is 24.0. The Morgan fingerprint density at radius 1 is 0.429 bits per heavy atom. The third kappa shape index (κ3) is 8.79. The zero-order valence-corrected chi connectivity index (χ0v) is 20.1. The van der Waals surface area contributed by atoms with E-state index in [1.54, 1.807) is 0 Å². The maximum Gasteiger partial charge on any atom is 0.161 e. The van der Waals surface area contributed by atoms with Crippen molar-refractivity contribution in [1.29, 1.82) is 0 Å². The summed E-state index contributed by atoms with van der Waals surface area (Å²) < 4.78 is 23.5. The Bertz CT molecular complexity index is 915. The second-order valence-corrected chi connectivity index (χ2v) is 8.23. The largest absolute Gasteiger partial charge is 0.490 e. The highest BCUT2D eigenvalue weighted by Gasteiger charge is 2.05. The van der Waals surface area contributed by atoms with Gasteiger partial charge in [0.25, 0.3) is 0 Å². The molecule has 35 heavy (non-hydrogen) atoms. The minimum Gasteiger partial charge on any atom is -0.490 e. The van der Waals surface area contributed by atoms with Crippen molar-refractivity contribution < 1.29 is 18.9 Å². The molecule has 7 rings (SSSR count). The minimum atomic E-state index is 0.425. The number of para-hydroxylation sites is 2. The summed E-state index contributed by atoms with van der Waals surface area (Å²) in [5.74, 6) is 3.05. The Labute approximate surface area is 207 Å². The van der Waals surface area contributed by atoms with Crippen molar-refractivity contribution in [2.24, 2.45) is 0 Å². The first kappa shape index (κ1) is 24.9. The summed E-state index contributed by atoms with van der Waals surface area (Å²) in [6.07, 6.45) is 0. The topological polar surface area (TPSA) is 73.0 Å².